The van der Waals surface area contributed by atoms with Crippen LogP contribution in [-0.2, 0) is 16.0 Å². The molecule has 0 saturated heterocycles. The molecule has 1 N–H and O–H groups in total. The van der Waals surface area contributed by atoms with E-state index in [4.69, 9.17) is 4.42 Å². The molecule has 0 spiro atoms. The number of imide groups is 1. The Morgan fingerprint density at radius 1 is 1.31 bits per heavy atom. The first-order chi connectivity index (χ1) is 13.7. The summed E-state index contributed by atoms with van der Waals surface area (Å²) in [6.45, 7) is 1.57. The monoisotopic (exact) mass is 423 g/mol. The van der Waals surface area contributed by atoms with Crippen molar-refractivity contribution in [2.75, 3.05) is 18.1 Å². The fraction of sp³-hybridized carbons (Fsp3) is 0.294. The Labute approximate surface area is 167 Å². The number of benzene rings is 1. The number of hydrogen-bond acceptors (Lipinski definition) is 7. The number of aromatic nitrogens is 2. The van der Waals surface area contributed by atoms with Gasteiger partial charge in [-0.15, -0.1) is 10.2 Å². The number of amides is 4. The first kappa shape index (κ1) is 20.6. The average molecular weight is 423 g/mol. The van der Waals surface area contributed by atoms with Crippen LogP contribution in [0.25, 0.3) is 0 Å². The zero-order valence-electron chi connectivity index (χ0n) is 15.3. The fourth-order valence-corrected chi connectivity index (χ4v) is 3.08. The van der Waals surface area contributed by atoms with Crippen molar-refractivity contribution in [1.29, 1.82) is 0 Å². The van der Waals surface area contributed by atoms with E-state index in [1.54, 1.807) is 6.92 Å². The van der Waals surface area contributed by atoms with Gasteiger partial charge in [0.05, 0.1) is 17.4 Å². The van der Waals surface area contributed by atoms with E-state index in [1.807, 2.05) is 0 Å². The lowest BCUT2D eigenvalue weighted by Crippen LogP contribution is -2.44. The van der Waals surface area contributed by atoms with Gasteiger partial charge in [0.1, 0.15) is 11.6 Å². The summed E-state index contributed by atoms with van der Waals surface area (Å²) < 4.78 is 31.8. The van der Waals surface area contributed by atoms with E-state index in [0.717, 1.165) is 28.8 Å². The summed E-state index contributed by atoms with van der Waals surface area (Å²) in [4.78, 5) is 40.4. The predicted molar refractivity (Wildman–Crippen MR) is 98.5 cm³/mol. The number of nitrogens with one attached hydrogen (secondary N) is 1. The molecule has 0 saturated carbocycles. The second-order valence-corrected chi connectivity index (χ2v) is 7.04. The molecule has 1 aliphatic heterocycles. The van der Waals surface area contributed by atoms with E-state index in [9.17, 15) is 23.2 Å². The number of urea groups is 1. The average Bonchev–Trinajstić information content (AvgIpc) is 3.12. The topological polar surface area (TPSA) is 118 Å². The molecule has 2 aromatic rings. The van der Waals surface area contributed by atoms with E-state index in [-0.39, 0.29) is 29.0 Å². The standard InChI is InChI=1S/C17H15F2N5O4S/c1-8-10(15(26)24(2)16(27)20-8)6-14-22-23-17(28-14)29-7-13(25)21-12-4-3-9(18)5-11(12)19/h3-5,10H,6-7H2,1-2H3,(H,21,25). The van der Waals surface area contributed by atoms with Crippen LogP contribution >= 0.6 is 11.8 Å². The Kier molecular flexibility index (Phi) is 6.01. The number of thioether (sulfide) groups is 1. The number of hydrogen-bond donors (Lipinski definition) is 1. The number of nitrogens with zero attached hydrogens (tertiary/aromatic N) is 4. The van der Waals surface area contributed by atoms with Crippen molar-refractivity contribution in [2.45, 2.75) is 18.6 Å². The van der Waals surface area contributed by atoms with Gasteiger partial charge in [0.15, 0.2) is 0 Å². The van der Waals surface area contributed by atoms with Crippen molar-refractivity contribution in [1.82, 2.24) is 15.1 Å². The molecule has 1 aromatic carbocycles. The van der Waals surface area contributed by atoms with Gasteiger partial charge < -0.3 is 9.73 Å². The third-order valence-corrected chi connectivity index (χ3v) is 4.87. The minimum Gasteiger partial charge on any atom is -0.416 e. The van der Waals surface area contributed by atoms with Crippen molar-refractivity contribution in [3.05, 3.63) is 35.7 Å². The summed E-state index contributed by atoms with van der Waals surface area (Å²) in [5.74, 6) is -3.31. The number of rotatable bonds is 6. The molecular weight excluding hydrogens is 408 g/mol. The van der Waals surface area contributed by atoms with E-state index in [0.29, 0.717) is 11.8 Å². The van der Waals surface area contributed by atoms with Crippen LogP contribution in [0.4, 0.5) is 19.3 Å². The molecule has 12 heteroatoms. The molecule has 1 aliphatic rings. The van der Waals surface area contributed by atoms with Crippen LogP contribution in [0.2, 0.25) is 0 Å². The summed E-state index contributed by atoms with van der Waals surface area (Å²) in [5.41, 5.74) is 0.207. The van der Waals surface area contributed by atoms with Crippen LogP contribution < -0.4 is 5.32 Å². The van der Waals surface area contributed by atoms with Crippen LogP contribution in [0.1, 0.15) is 12.8 Å². The lowest BCUT2D eigenvalue weighted by atomic mass is 9.97. The Morgan fingerprint density at radius 3 is 2.79 bits per heavy atom. The number of halogens is 2. The number of carbonyl (C=O) groups is 3. The van der Waals surface area contributed by atoms with Gasteiger partial charge in [-0.25, -0.2) is 18.6 Å². The normalized spacial score (nSPS) is 16.8. The van der Waals surface area contributed by atoms with Crippen molar-refractivity contribution in [2.24, 2.45) is 10.9 Å². The summed E-state index contributed by atoms with van der Waals surface area (Å²) in [7, 11) is 1.34. The van der Waals surface area contributed by atoms with Gasteiger partial charge in [0, 0.05) is 25.2 Å². The largest absolute Gasteiger partial charge is 0.416 e. The molecule has 3 rings (SSSR count). The maximum absolute atomic E-state index is 13.6. The highest BCUT2D eigenvalue weighted by Crippen LogP contribution is 2.22. The summed E-state index contributed by atoms with van der Waals surface area (Å²) in [5, 5.41) is 10.0. The highest BCUT2D eigenvalue weighted by molar-refractivity contribution is 7.99. The Hall–Kier alpha value is -3.15. The van der Waals surface area contributed by atoms with Crippen LogP contribution in [0, 0.1) is 17.6 Å². The van der Waals surface area contributed by atoms with Crippen LogP contribution in [0.5, 0.6) is 0 Å². The third-order valence-electron chi connectivity index (χ3n) is 4.05. The molecule has 9 nitrogen and oxygen atoms in total. The van der Waals surface area contributed by atoms with Crippen molar-refractivity contribution >= 4 is 41.0 Å². The highest BCUT2D eigenvalue weighted by Gasteiger charge is 2.34. The Morgan fingerprint density at radius 2 is 2.07 bits per heavy atom. The number of carbonyl (C=O) groups excluding carboxylic acids is 3. The minimum absolute atomic E-state index is 0.0618. The third kappa shape index (κ3) is 4.83. The van der Waals surface area contributed by atoms with Crippen LogP contribution in [-0.4, -0.2) is 51.5 Å². The van der Waals surface area contributed by atoms with Crippen molar-refractivity contribution in [3.8, 4) is 0 Å². The smallest absolute Gasteiger partial charge is 0.349 e. The number of anilines is 1. The van der Waals surface area contributed by atoms with Crippen molar-refractivity contribution < 1.29 is 27.6 Å². The molecule has 0 radical (unpaired) electrons. The van der Waals surface area contributed by atoms with Gasteiger partial charge in [0.25, 0.3) is 5.22 Å². The van der Waals surface area contributed by atoms with E-state index >= 15 is 0 Å². The minimum atomic E-state index is -0.888. The van der Waals surface area contributed by atoms with Gasteiger partial charge >= 0.3 is 6.03 Å². The molecule has 1 unspecified atom stereocenters. The molecule has 29 heavy (non-hydrogen) atoms. The lowest BCUT2D eigenvalue weighted by Gasteiger charge is -2.24. The molecule has 1 aromatic heterocycles. The lowest BCUT2D eigenvalue weighted by molar-refractivity contribution is -0.129. The molecule has 0 fully saturated rings. The van der Waals surface area contributed by atoms with Gasteiger partial charge in [-0.1, -0.05) is 11.8 Å². The first-order valence-electron chi connectivity index (χ1n) is 8.31. The summed E-state index contributed by atoms with van der Waals surface area (Å²) in [6.07, 6.45) is 0.0618. The Balaban J connectivity index is 1.56. The quantitative estimate of drug-likeness (QED) is 0.708. The molecule has 0 aliphatic carbocycles. The van der Waals surface area contributed by atoms with E-state index in [2.05, 4.69) is 20.5 Å². The predicted octanol–water partition coefficient (Wildman–Crippen LogP) is 2.29. The van der Waals surface area contributed by atoms with Gasteiger partial charge in [0.2, 0.25) is 17.7 Å². The second-order valence-electron chi connectivity index (χ2n) is 6.11. The molecule has 1 atom stereocenters. The summed E-state index contributed by atoms with van der Waals surface area (Å²) >= 11 is 0.914. The second kappa shape index (κ2) is 8.47. The van der Waals surface area contributed by atoms with E-state index < -0.39 is 35.4 Å². The van der Waals surface area contributed by atoms with Crippen LogP contribution in [0.15, 0.2) is 32.8 Å². The zero-order valence-corrected chi connectivity index (χ0v) is 16.1. The number of aliphatic imine (C=N–C) groups is 1. The van der Waals surface area contributed by atoms with Crippen molar-refractivity contribution in [3.63, 3.8) is 0 Å². The Bertz CT molecular complexity index is 1010. The molecule has 152 valence electrons. The fourth-order valence-electron chi connectivity index (χ4n) is 2.50. The van der Waals surface area contributed by atoms with Gasteiger partial charge in [-0.2, -0.15) is 0 Å². The van der Waals surface area contributed by atoms with E-state index in [1.165, 1.54) is 7.05 Å². The zero-order chi connectivity index (χ0) is 21.1. The van der Waals surface area contributed by atoms with Crippen LogP contribution in [0.3, 0.4) is 0 Å². The maximum Gasteiger partial charge on any atom is 0.349 e. The van der Waals surface area contributed by atoms with Gasteiger partial charge in [-0.3, -0.25) is 14.5 Å². The molecular formula is C17H15F2N5O4S. The highest BCUT2D eigenvalue weighted by atomic mass is 32.2. The molecule has 4 amide bonds. The first-order valence-corrected chi connectivity index (χ1v) is 9.30. The van der Waals surface area contributed by atoms with Gasteiger partial charge in [-0.05, 0) is 19.1 Å². The molecule has 0 bridgehead atoms. The molecule has 2 heterocycles. The summed E-state index contributed by atoms with van der Waals surface area (Å²) in [6, 6.07) is 2.17. The maximum atomic E-state index is 13.6. The SMILES string of the molecule is CC1=NC(=O)N(C)C(=O)C1Cc1nnc(SCC(=O)Nc2ccc(F)cc2F)o1.